The molecular weight excluding hydrogens is 180 g/mol. The highest BCUT2D eigenvalue weighted by atomic mass is 16.3. The number of hydrogen-bond donors (Lipinski definition) is 1. The Morgan fingerprint density at radius 2 is 2.36 bits per heavy atom. The molecule has 78 valence electrons. The number of aliphatic hydroxyl groups is 1. The summed E-state index contributed by atoms with van der Waals surface area (Å²) >= 11 is 0. The fourth-order valence-corrected chi connectivity index (χ4v) is 1.35. The average Bonchev–Trinajstić information content (AvgIpc) is 2.12. The van der Waals surface area contributed by atoms with Gasteiger partial charge in [0.25, 0.3) is 0 Å². The van der Waals surface area contributed by atoms with Gasteiger partial charge in [-0.25, -0.2) is 9.78 Å². The summed E-state index contributed by atoms with van der Waals surface area (Å²) in [7, 11) is 0. The molecule has 14 heavy (non-hydrogen) atoms. The maximum atomic E-state index is 11.3. The van der Waals surface area contributed by atoms with Crippen molar-refractivity contribution in [3.8, 4) is 0 Å². The van der Waals surface area contributed by atoms with E-state index in [1.165, 1.54) is 10.8 Å². The Morgan fingerprint density at radius 3 is 3.00 bits per heavy atom. The van der Waals surface area contributed by atoms with Crippen molar-refractivity contribution in [3.63, 3.8) is 0 Å². The van der Waals surface area contributed by atoms with Crippen LogP contribution in [0.2, 0.25) is 0 Å². The molecule has 1 rings (SSSR count). The Kier molecular flexibility index (Phi) is 3.83. The molecule has 0 spiro atoms. The van der Waals surface area contributed by atoms with Crippen molar-refractivity contribution in [1.29, 1.82) is 0 Å². The van der Waals surface area contributed by atoms with Crippen molar-refractivity contribution in [2.45, 2.75) is 39.3 Å². The quantitative estimate of drug-likeness (QED) is 0.771. The molecule has 0 saturated heterocycles. The molecule has 0 aliphatic carbocycles. The molecule has 1 aromatic heterocycles. The van der Waals surface area contributed by atoms with E-state index in [0.29, 0.717) is 13.0 Å². The SMILES string of the molecule is CCCC(O)Cn1cc(C)cnc1=O. The predicted molar refractivity (Wildman–Crippen MR) is 54.1 cm³/mol. The first-order valence-electron chi connectivity index (χ1n) is 4.84. The third-order valence-corrected chi connectivity index (χ3v) is 2.01. The monoisotopic (exact) mass is 196 g/mol. The molecule has 0 bridgehead atoms. The molecule has 0 saturated carbocycles. The van der Waals surface area contributed by atoms with E-state index in [9.17, 15) is 9.90 Å². The summed E-state index contributed by atoms with van der Waals surface area (Å²) in [5.41, 5.74) is 0.624. The van der Waals surface area contributed by atoms with E-state index in [2.05, 4.69) is 4.98 Å². The van der Waals surface area contributed by atoms with Crippen LogP contribution in [0.25, 0.3) is 0 Å². The van der Waals surface area contributed by atoms with Crippen LogP contribution in [0.1, 0.15) is 25.3 Å². The van der Waals surface area contributed by atoms with Crippen LogP contribution in [0.3, 0.4) is 0 Å². The minimum absolute atomic E-state index is 0.300. The van der Waals surface area contributed by atoms with Crippen LogP contribution in [0.15, 0.2) is 17.2 Å². The number of aliphatic hydroxyl groups excluding tert-OH is 1. The fourth-order valence-electron chi connectivity index (χ4n) is 1.35. The van der Waals surface area contributed by atoms with Gasteiger partial charge in [-0.3, -0.25) is 4.57 Å². The van der Waals surface area contributed by atoms with Crippen molar-refractivity contribution < 1.29 is 5.11 Å². The van der Waals surface area contributed by atoms with Gasteiger partial charge in [0.2, 0.25) is 0 Å². The predicted octanol–water partition coefficient (Wildman–Crippen LogP) is 0.713. The van der Waals surface area contributed by atoms with Crippen LogP contribution >= 0.6 is 0 Å². The highest BCUT2D eigenvalue weighted by Crippen LogP contribution is 1.99. The van der Waals surface area contributed by atoms with Gasteiger partial charge in [0.05, 0.1) is 12.6 Å². The summed E-state index contributed by atoms with van der Waals surface area (Å²) in [6.45, 7) is 4.21. The summed E-state index contributed by atoms with van der Waals surface area (Å²) < 4.78 is 1.45. The number of aryl methyl sites for hydroxylation is 1. The van der Waals surface area contributed by atoms with Gasteiger partial charge in [0, 0.05) is 12.4 Å². The van der Waals surface area contributed by atoms with E-state index in [0.717, 1.165) is 12.0 Å². The first kappa shape index (κ1) is 10.9. The minimum atomic E-state index is -0.457. The summed E-state index contributed by atoms with van der Waals surface area (Å²) in [4.78, 5) is 14.9. The lowest BCUT2D eigenvalue weighted by molar-refractivity contribution is 0.141. The number of hydrogen-bond acceptors (Lipinski definition) is 3. The zero-order chi connectivity index (χ0) is 10.6. The van der Waals surface area contributed by atoms with E-state index in [4.69, 9.17) is 0 Å². The Balaban J connectivity index is 2.75. The largest absolute Gasteiger partial charge is 0.391 e. The van der Waals surface area contributed by atoms with Gasteiger partial charge in [0.1, 0.15) is 0 Å². The summed E-state index contributed by atoms with van der Waals surface area (Å²) in [5.74, 6) is 0. The Labute approximate surface area is 83.2 Å². The van der Waals surface area contributed by atoms with Crippen molar-refractivity contribution in [2.24, 2.45) is 0 Å². The average molecular weight is 196 g/mol. The summed E-state index contributed by atoms with van der Waals surface area (Å²) in [6.07, 6.45) is 4.41. The van der Waals surface area contributed by atoms with E-state index in [-0.39, 0.29) is 5.69 Å². The lowest BCUT2D eigenvalue weighted by atomic mass is 10.2. The first-order valence-corrected chi connectivity index (χ1v) is 4.84. The maximum Gasteiger partial charge on any atom is 0.347 e. The Hall–Kier alpha value is -1.16. The lowest BCUT2D eigenvalue weighted by Crippen LogP contribution is -2.28. The van der Waals surface area contributed by atoms with Crippen LogP contribution in [0.5, 0.6) is 0 Å². The molecule has 1 heterocycles. The lowest BCUT2D eigenvalue weighted by Gasteiger charge is -2.11. The van der Waals surface area contributed by atoms with Crippen molar-refractivity contribution in [2.75, 3.05) is 0 Å². The van der Waals surface area contributed by atoms with Gasteiger partial charge in [-0.1, -0.05) is 13.3 Å². The summed E-state index contributed by atoms with van der Waals surface area (Å²) in [6, 6.07) is 0. The van der Waals surface area contributed by atoms with E-state index < -0.39 is 6.10 Å². The molecule has 4 heteroatoms. The van der Waals surface area contributed by atoms with Crippen LogP contribution < -0.4 is 5.69 Å². The molecule has 0 aliphatic rings. The van der Waals surface area contributed by atoms with E-state index in [1.807, 2.05) is 13.8 Å². The molecule has 0 fully saturated rings. The Morgan fingerprint density at radius 1 is 1.64 bits per heavy atom. The second-order valence-electron chi connectivity index (χ2n) is 3.51. The molecular formula is C10H16N2O2. The minimum Gasteiger partial charge on any atom is -0.391 e. The van der Waals surface area contributed by atoms with Crippen LogP contribution in [0.4, 0.5) is 0 Å². The van der Waals surface area contributed by atoms with Gasteiger partial charge in [-0.05, 0) is 18.9 Å². The highest BCUT2D eigenvalue weighted by Gasteiger charge is 2.05. The number of rotatable bonds is 4. The first-order chi connectivity index (χ1) is 6.63. The number of aromatic nitrogens is 2. The van der Waals surface area contributed by atoms with Crippen molar-refractivity contribution in [3.05, 3.63) is 28.4 Å². The second-order valence-corrected chi connectivity index (χ2v) is 3.51. The smallest absolute Gasteiger partial charge is 0.347 e. The van der Waals surface area contributed by atoms with Gasteiger partial charge in [-0.2, -0.15) is 0 Å². The van der Waals surface area contributed by atoms with Crippen LogP contribution in [-0.4, -0.2) is 20.8 Å². The molecule has 0 radical (unpaired) electrons. The normalized spacial score (nSPS) is 12.8. The third kappa shape index (κ3) is 2.96. The summed E-state index contributed by atoms with van der Waals surface area (Å²) in [5, 5.41) is 9.53. The van der Waals surface area contributed by atoms with E-state index in [1.54, 1.807) is 6.20 Å². The molecule has 0 aromatic carbocycles. The molecule has 0 aliphatic heterocycles. The molecule has 1 aromatic rings. The van der Waals surface area contributed by atoms with Gasteiger partial charge < -0.3 is 5.11 Å². The topological polar surface area (TPSA) is 55.1 Å². The van der Waals surface area contributed by atoms with Crippen molar-refractivity contribution >= 4 is 0 Å². The van der Waals surface area contributed by atoms with Gasteiger partial charge >= 0.3 is 5.69 Å². The third-order valence-electron chi connectivity index (χ3n) is 2.01. The van der Waals surface area contributed by atoms with Crippen molar-refractivity contribution in [1.82, 2.24) is 9.55 Å². The zero-order valence-electron chi connectivity index (χ0n) is 8.60. The standard InChI is InChI=1S/C10H16N2O2/c1-3-4-9(13)7-12-6-8(2)5-11-10(12)14/h5-6,9,13H,3-4,7H2,1-2H3. The van der Waals surface area contributed by atoms with Crippen LogP contribution in [-0.2, 0) is 6.54 Å². The van der Waals surface area contributed by atoms with Gasteiger partial charge in [-0.15, -0.1) is 0 Å². The molecule has 0 amide bonds. The number of nitrogens with zero attached hydrogens (tertiary/aromatic N) is 2. The zero-order valence-corrected chi connectivity index (χ0v) is 8.60. The fraction of sp³-hybridized carbons (Fsp3) is 0.600. The highest BCUT2D eigenvalue weighted by molar-refractivity contribution is 4.99. The maximum absolute atomic E-state index is 11.3. The van der Waals surface area contributed by atoms with Crippen LogP contribution in [0, 0.1) is 6.92 Å². The molecule has 4 nitrogen and oxygen atoms in total. The van der Waals surface area contributed by atoms with E-state index >= 15 is 0 Å². The molecule has 1 N–H and O–H groups in total. The Bertz CT molecular complexity index is 346. The second kappa shape index (κ2) is 4.91. The molecule has 1 atom stereocenters. The molecule has 1 unspecified atom stereocenters. The van der Waals surface area contributed by atoms with Gasteiger partial charge in [0.15, 0.2) is 0 Å².